The summed E-state index contributed by atoms with van der Waals surface area (Å²) in [7, 11) is 0. The summed E-state index contributed by atoms with van der Waals surface area (Å²) < 4.78 is 26.6. The molecule has 2 aromatic rings. The van der Waals surface area contributed by atoms with E-state index in [0.29, 0.717) is 16.0 Å². The van der Waals surface area contributed by atoms with Gasteiger partial charge in [0.2, 0.25) is 5.91 Å². The monoisotopic (exact) mass is 396 g/mol. The molecule has 0 spiro atoms. The summed E-state index contributed by atoms with van der Waals surface area (Å²) in [6, 6.07) is 5.43. The quantitative estimate of drug-likeness (QED) is 0.636. The van der Waals surface area contributed by atoms with Crippen LogP contribution in [0.4, 0.5) is 8.78 Å². The van der Waals surface area contributed by atoms with Crippen molar-refractivity contribution in [2.45, 2.75) is 0 Å². The maximum Gasteiger partial charge on any atom is 0.266 e. The van der Waals surface area contributed by atoms with Crippen LogP contribution in [0.2, 0.25) is 0 Å². The molecule has 9 heteroatoms. The number of primary amides is 1. The molecule has 1 fully saturated rings. The number of carbonyl (C=O) groups excluding carboxylic acids is 2. The van der Waals surface area contributed by atoms with Crippen molar-refractivity contribution in [3.8, 4) is 11.1 Å². The minimum atomic E-state index is -0.919. The Morgan fingerprint density at radius 2 is 2.00 bits per heavy atom. The summed E-state index contributed by atoms with van der Waals surface area (Å²) in [6.07, 6.45) is 1.65. The topological polar surface area (TPSA) is 63.4 Å². The maximum atomic E-state index is 13.4. The van der Waals surface area contributed by atoms with Crippen LogP contribution >= 0.6 is 35.3 Å². The van der Waals surface area contributed by atoms with Crippen molar-refractivity contribution in [2.75, 3.05) is 6.54 Å². The van der Waals surface area contributed by atoms with Gasteiger partial charge in [0, 0.05) is 4.88 Å². The number of carbonyl (C=O) groups is 2. The first-order valence-corrected chi connectivity index (χ1v) is 9.03. The number of hydrogen-bond donors (Lipinski definition) is 1. The number of hydrogen-bond acceptors (Lipinski definition) is 5. The molecule has 2 heterocycles. The predicted octanol–water partition coefficient (Wildman–Crippen LogP) is 3.38. The number of nitrogens with two attached hydrogens (primary N) is 1. The van der Waals surface area contributed by atoms with Gasteiger partial charge in [0.05, 0.1) is 4.91 Å². The molecule has 1 aliphatic heterocycles. The van der Waals surface area contributed by atoms with Crippen LogP contribution in [0.5, 0.6) is 0 Å². The summed E-state index contributed by atoms with van der Waals surface area (Å²) in [5.74, 6) is -2.85. The van der Waals surface area contributed by atoms with Crippen LogP contribution in [0.25, 0.3) is 17.2 Å². The van der Waals surface area contributed by atoms with Crippen molar-refractivity contribution < 1.29 is 18.4 Å². The van der Waals surface area contributed by atoms with Crippen LogP contribution < -0.4 is 5.73 Å². The third-order valence-corrected chi connectivity index (χ3v) is 5.59. The van der Waals surface area contributed by atoms with Gasteiger partial charge < -0.3 is 5.73 Å². The van der Waals surface area contributed by atoms with E-state index in [2.05, 4.69) is 0 Å². The van der Waals surface area contributed by atoms with Crippen LogP contribution in [-0.2, 0) is 9.59 Å². The van der Waals surface area contributed by atoms with E-state index >= 15 is 0 Å². The Morgan fingerprint density at radius 1 is 1.24 bits per heavy atom. The molecule has 4 nitrogen and oxygen atoms in total. The lowest BCUT2D eigenvalue weighted by Crippen LogP contribution is -2.36. The molecule has 25 heavy (non-hydrogen) atoms. The molecule has 2 amide bonds. The molecule has 0 saturated carbocycles. The van der Waals surface area contributed by atoms with E-state index in [9.17, 15) is 18.4 Å². The lowest BCUT2D eigenvalue weighted by Gasteiger charge is -2.10. The molecule has 128 valence electrons. The molecule has 1 aliphatic rings. The number of halogens is 2. The fourth-order valence-electron chi connectivity index (χ4n) is 2.18. The second-order valence-electron chi connectivity index (χ2n) is 5.10. The van der Waals surface area contributed by atoms with E-state index in [4.69, 9.17) is 18.0 Å². The zero-order chi connectivity index (χ0) is 18.1. The average molecular weight is 396 g/mol. The number of rotatable bonds is 4. The fourth-order valence-corrected chi connectivity index (χ4v) is 4.35. The number of thiocarbonyl (C=S) groups is 1. The third-order valence-electron chi connectivity index (χ3n) is 3.33. The van der Waals surface area contributed by atoms with E-state index in [-0.39, 0.29) is 16.8 Å². The molecule has 0 radical (unpaired) electrons. The number of amides is 2. The van der Waals surface area contributed by atoms with Gasteiger partial charge in [-0.05, 0) is 40.8 Å². The standard InChI is InChI=1S/C16H10F2N2O2S3/c17-11-2-1-8(4-12(11)18)9-3-10(24-7-9)5-13-15(22)20(6-14(19)21)16(23)25-13/h1-5,7H,6H2,(H2,19,21). The molecule has 0 bridgehead atoms. The lowest BCUT2D eigenvalue weighted by atomic mass is 10.1. The summed E-state index contributed by atoms with van der Waals surface area (Å²) in [5, 5.41) is 1.78. The van der Waals surface area contributed by atoms with Crippen LogP contribution in [-0.4, -0.2) is 27.6 Å². The van der Waals surface area contributed by atoms with E-state index in [0.717, 1.165) is 33.7 Å². The third kappa shape index (κ3) is 3.78. The molecule has 2 N–H and O–H groups in total. The van der Waals surface area contributed by atoms with Crippen molar-refractivity contribution in [3.63, 3.8) is 0 Å². The Bertz CT molecular complexity index is 924. The Morgan fingerprint density at radius 3 is 2.68 bits per heavy atom. The highest BCUT2D eigenvalue weighted by Crippen LogP contribution is 2.35. The Balaban J connectivity index is 1.84. The number of thiophene rings is 1. The van der Waals surface area contributed by atoms with Gasteiger partial charge in [0.25, 0.3) is 5.91 Å². The summed E-state index contributed by atoms with van der Waals surface area (Å²) in [6.45, 7) is -0.257. The molecule has 0 atom stereocenters. The first kappa shape index (κ1) is 17.7. The summed E-state index contributed by atoms with van der Waals surface area (Å²) >= 11 is 7.52. The van der Waals surface area contributed by atoms with Crippen LogP contribution in [0.3, 0.4) is 0 Å². The highest BCUT2D eigenvalue weighted by Gasteiger charge is 2.32. The fraction of sp³-hybridized carbons (Fsp3) is 0.0625. The minimum Gasteiger partial charge on any atom is -0.368 e. The highest BCUT2D eigenvalue weighted by atomic mass is 32.2. The molecule has 3 rings (SSSR count). The zero-order valence-electron chi connectivity index (χ0n) is 12.5. The molecular formula is C16H10F2N2O2S3. The molecule has 0 unspecified atom stereocenters. The number of nitrogens with zero attached hydrogens (tertiary/aromatic N) is 1. The van der Waals surface area contributed by atoms with Crippen molar-refractivity contribution in [1.82, 2.24) is 4.90 Å². The Kier molecular flexibility index (Phi) is 4.98. The smallest absolute Gasteiger partial charge is 0.266 e. The Labute approximate surface area is 155 Å². The van der Waals surface area contributed by atoms with Crippen molar-refractivity contribution >= 4 is 57.5 Å². The number of benzene rings is 1. The summed E-state index contributed by atoms with van der Waals surface area (Å²) in [5.41, 5.74) is 6.36. The second kappa shape index (κ2) is 7.03. The normalized spacial score (nSPS) is 16.1. The van der Waals surface area contributed by atoms with E-state index in [1.165, 1.54) is 17.4 Å². The largest absolute Gasteiger partial charge is 0.368 e. The first-order valence-electron chi connectivity index (χ1n) is 6.93. The van der Waals surface area contributed by atoms with Gasteiger partial charge in [-0.3, -0.25) is 14.5 Å². The van der Waals surface area contributed by atoms with Gasteiger partial charge >= 0.3 is 0 Å². The van der Waals surface area contributed by atoms with E-state index in [1.807, 2.05) is 0 Å². The van der Waals surface area contributed by atoms with Crippen molar-refractivity contribution in [3.05, 3.63) is 51.1 Å². The van der Waals surface area contributed by atoms with Gasteiger partial charge in [-0.2, -0.15) is 0 Å². The van der Waals surface area contributed by atoms with Gasteiger partial charge in [0.15, 0.2) is 11.6 Å². The van der Waals surface area contributed by atoms with Gasteiger partial charge in [-0.1, -0.05) is 30.0 Å². The average Bonchev–Trinajstić information content (AvgIpc) is 3.11. The van der Waals surface area contributed by atoms with Crippen LogP contribution in [0, 0.1) is 11.6 Å². The van der Waals surface area contributed by atoms with Gasteiger partial charge in [-0.15, -0.1) is 11.3 Å². The molecule has 1 aromatic heterocycles. The SMILES string of the molecule is NC(=O)CN1C(=O)C(=Cc2cc(-c3ccc(F)c(F)c3)cs2)SC1=S. The Hall–Kier alpha value is -2.10. The number of thioether (sulfide) groups is 1. The molecular weight excluding hydrogens is 386 g/mol. The summed E-state index contributed by atoms with van der Waals surface area (Å²) in [4.78, 5) is 25.6. The second-order valence-corrected chi connectivity index (χ2v) is 7.72. The minimum absolute atomic E-state index is 0.257. The van der Waals surface area contributed by atoms with Crippen LogP contribution in [0.15, 0.2) is 34.6 Å². The van der Waals surface area contributed by atoms with Crippen molar-refractivity contribution in [2.24, 2.45) is 5.73 Å². The maximum absolute atomic E-state index is 13.4. The lowest BCUT2D eigenvalue weighted by molar-refractivity contribution is -0.127. The van der Waals surface area contributed by atoms with Crippen molar-refractivity contribution in [1.29, 1.82) is 0 Å². The molecule has 0 aliphatic carbocycles. The van der Waals surface area contributed by atoms with Crippen LogP contribution in [0.1, 0.15) is 4.88 Å². The van der Waals surface area contributed by atoms with E-state index < -0.39 is 17.5 Å². The first-order chi connectivity index (χ1) is 11.8. The van der Waals surface area contributed by atoms with E-state index in [1.54, 1.807) is 17.5 Å². The van der Waals surface area contributed by atoms with Gasteiger partial charge in [-0.25, -0.2) is 8.78 Å². The highest BCUT2D eigenvalue weighted by molar-refractivity contribution is 8.26. The predicted molar refractivity (Wildman–Crippen MR) is 98.7 cm³/mol. The zero-order valence-corrected chi connectivity index (χ0v) is 14.9. The molecule has 1 saturated heterocycles. The molecule has 1 aromatic carbocycles. The van der Waals surface area contributed by atoms with Gasteiger partial charge in [0.1, 0.15) is 10.9 Å².